The molecule has 2 atom stereocenters. The van der Waals surface area contributed by atoms with Gasteiger partial charge in [-0.25, -0.2) is 0 Å². The first-order valence-electron chi connectivity index (χ1n) is 16.8. The average Bonchev–Trinajstić information content (AvgIpc) is 3.53. The topological polar surface area (TPSA) is 66.8 Å². The second-order valence-corrected chi connectivity index (χ2v) is 13.2. The van der Waals surface area contributed by atoms with Gasteiger partial charge in [-0.1, -0.05) is 36.2 Å². The third kappa shape index (κ3) is 7.99. The molecule has 1 saturated carbocycles. The lowest BCUT2D eigenvalue weighted by Crippen LogP contribution is -2.27. The van der Waals surface area contributed by atoms with E-state index in [1.165, 1.54) is 0 Å². The third-order valence-electron chi connectivity index (χ3n) is 9.70. The van der Waals surface area contributed by atoms with Gasteiger partial charge in [0.05, 0.1) is 24.4 Å². The van der Waals surface area contributed by atoms with E-state index < -0.39 is 5.97 Å². The standard InChI is InChI=1S/C38H44ClF2N3O3/c1-45-30-13-14-31(33(39)22-30)37(26-5-4-6-26)36(27-8-11-29(12-9-27)46-20-18-44-17-16-25(23-40)24-44)28-10-15-34(32(21-28)38(41)42)43-35-7-2-3-19-47-35/h8-15,21-22,25-26,35,42-43H,2-7,16-20,23-24H2,1H3/b37-36+,42-38?. The van der Waals surface area contributed by atoms with Crippen molar-refractivity contribution in [1.29, 1.82) is 5.41 Å². The summed E-state index contributed by atoms with van der Waals surface area (Å²) in [5.74, 6) is 0.826. The average molecular weight is 664 g/mol. The van der Waals surface area contributed by atoms with Gasteiger partial charge in [-0.05, 0) is 121 Å². The number of hydrogen-bond donors (Lipinski definition) is 2. The Morgan fingerprint density at radius 1 is 0.957 bits per heavy atom. The zero-order valence-corrected chi connectivity index (χ0v) is 27.8. The van der Waals surface area contributed by atoms with Gasteiger partial charge in [-0.2, -0.15) is 4.39 Å². The number of alkyl halides is 1. The lowest BCUT2D eigenvalue weighted by molar-refractivity contribution is 0.0343. The number of likely N-dealkylation sites (tertiary alicyclic amines) is 1. The summed E-state index contributed by atoms with van der Waals surface area (Å²) in [6.07, 6.45) is 6.73. The molecule has 6 nitrogen and oxygen atoms in total. The van der Waals surface area contributed by atoms with Crippen molar-refractivity contribution in [2.24, 2.45) is 11.8 Å². The van der Waals surface area contributed by atoms with Crippen molar-refractivity contribution in [1.82, 2.24) is 4.90 Å². The number of anilines is 1. The summed E-state index contributed by atoms with van der Waals surface area (Å²) in [4.78, 5) is 2.25. The van der Waals surface area contributed by atoms with Crippen LogP contribution in [0.3, 0.4) is 0 Å². The molecule has 2 N–H and O–H groups in total. The fraction of sp³-hybridized carbons (Fsp3) is 0.447. The van der Waals surface area contributed by atoms with Crippen molar-refractivity contribution in [2.45, 2.75) is 51.2 Å². The number of methoxy groups -OCH3 is 1. The number of allylic oxidation sites excluding steroid dienone is 1. The maximum absolute atomic E-state index is 14.9. The molecule has 0 aromatic heterocycles. The van der Waals surface area contributed by atoms with Crippen LogP contribution < -0.4 is 14.8 Å². The van der Waals surface area contributed by atoms with Crippen molar-refractivity contribution < 1.29 is 23.0 Å². The number of halogens is 3. The van der Waals surface area contributed by atoms with E-state index >= 15 is 0 Å². The highest BCUT2D eigenvalue weighted by Gasteiger charge is 2.29. The largest absolute Gasteiger partial charge is 0.497 e. The van der Waals surface area contributed by atoms with Crippen LogP contribution in [0.5, 0.6) is 11.5 Å². The van der Waals surface area contributed by atoms with Gasteiger partial charge in [-0.3, -0.25) is 14.7 Å². The molecule has 2 saturated heterocycles. The van der Waals surface area contributed by atoms with E-state index in [1.54, 1.807) is 13.2 Å². The number of benzene rings is 3. The molecule has 0 amide bonds. The summed E-state index contributed by atoms with van der Waals surface area (Å²) >= 11 is 6.94. The molecule has 2 unspecified atom stereocenters. The highest BCUT2D eigenvalue weighted by molar-refractivity contribution is 6.33. The van der Waals surface area contributed by atoms with Gasteiger partial charge >= 0.3 is 0 Å². The van der Waals surface area contributed by atoms with E-state index in [4.69, 9.17) is 31.2 Å². The molecular formula is C38H44ClF2N3O3. The molecule has 3 fully saturated rings. The Balaban J connectivity index is 1.37. The van der Waals surface area contributed by atoms with Crippen molar-refractivity contribution in [3.63, 3.8) is 0 Å². The summed E-state index contributed by atoms with van der Waals surface area (Å²) in [6.45, 7) is 3.37. The molecule has 9 heteroatoms. The SMILES string of the molecule is COc1ccc(/C(=C(\c2ccc(OCCN3CCC(CF)C3)cc2)c2ccc(NC3CCCCO3)c(C(=N)F)c2)C2CCC2)c(Cl)c1. The van der Waals surface area contributed by atoms with Crippen LogP contribution in [0, 0.1) is 17.2 Å². The zero-order valence-electron chi connectivity index (χ0n) is 27.0. The second kappa shape index (κ2) is 15.6. The number of hydrogen-bond acceptors (Lipinski definition) is 6. The van der Waals surface area contributed by atoms with Gasteiger partial charge in [0.15, 0.2) is 0 Å². The quantitative estimate of drug-likeness (QED) is 0.141. The van der Waals surface area contributed by atoms with Crippen LogP contribution in [0.25, 0.3) is 11.1 Å². The van der Waals surface area contributed by atoms with Gasteiger partial charge in [-0.15, -0.1) is 0 Å². The van der Waals surface area contributed by atoms with Gasteiger partial charge in [0, 0.05) is 31.3 Å². The molecule has 2 heterocycles. The Morgan fingerprint density at radius 3 is 2.38 bits per heavy atom. The van der Waals surface area contributed by atoms with E-state index in [0.717, 1.165) is 98.2 Å². The van der Waals surface area contributed by atoms with E-state index in [2.05, 4.69) is 10.2 Å². The summed E-state index contributed by atoms with van der Waals surface area (Å²) < 4.78 is 45.4. The molecule has 2 aliphatic heterocycles. The second-order valence-electron chi connectivity index (χ2n) is 12.8. The third-order valence-corrected chi connectivity index (χ3v) is 10.0. The van der Waals surface area contributed by atoms with Crippen LogP contribution in [0.2, 0.25) is 5.02 Å². The van der Waals surface area contributed by atoms with Crippen LogP contribution in [-0.4, -0.2) is 63.7 Å². The molecule has 3 aromatic carbocycles. The van der Waals surface area contributed by atoms with Crippen molar-refractivity contribution in [3.8, 4) is 11.5 Å². The monoisotopic (exact) mass is 663 g/mol. The van der Waals surface area contributed by atoms with Crippen LogP contribution in [0.15, 0.2) is 60.7 Å². The van der Waals surface area contributed by atoms with E-state index in [0.29, 0.717) is 29.7 Å². The van der Waals surface area contributed by atoms with Gasteiger partial charge in [0.25, 0.3) is 0 Å². The summed E-state index contributed by atoms with van der Waals surface area (Å²) in [6, 6.07) is 19.4. The Morgan fingerprint density at radius 2 is 1.74 bits per heavy atom. The molecule has 3 aromatic rings. The number of rotatable bonds is 13. The summed E-state index contributed by atoms with van der Waals surface area (Å²) in [5.41, 5.74) is 5.45. The fourth-order valence-corrected chi connectivity index (χ4v) is 7.13. The first-order chi connectivity index (χ1) is 22.9. The van der Waals surface area contributed by atoms with Gasteiger partial charge < -0.3 is 19.5 Å². The maximum Gasteiger partial charge on any atom is 0.214 e. The Labute approximate surface area is 281 Å². The minimum atomic E-state index is -1.00. The molecule has 250 valence electrons. The van der Waals surface area contributed by atoms with Crippen molar-refractivity contribution in [3.05, 3.63) is 87.9 Å². The molecule has 47 heavy (non-hydrogen) atoms. The van der Waals surface area contributed by atoms with E-state index in [9.17, 15) is 8.78 Å². The fourth-order valence-electron chi connectivity index (χ4n) is 6.86. The minimum absolute atomic E-state index is 0.135. The van der Waals surface area contributed by atoms with Crippen LogP contribution in [0.1, 0.15) is 67.2 Å². The molecule has 0 radical (unpaired) electrons. The van der Waals surface area contributed by atoms with E-state index in [1.807, 2.05) is 54.6 Å². The minimum Gasteiger partial charge on any atom is -0.497 e. The first kappa shape index (κ1) is 33.4. The molecule has 6 rings (SSSR count). The van der Waals surface area contributed by atoms with Gasteiger partial charge in [0.2, 0.25) is 5.97 Å². The van der Waals surface area contributed by atoms with Crippen molar-refractivity contribution >= 4 is 34.4 Å². The summed E-state index contributed by atoms with van der Waals surface area (Å²) in [7, 11) is 1.62. The lowest BCUT2D eigenvalue weighted by Gasteiger charge is -2.32. The number of nitrogens with one attached hydrogen (secondary N) is 2. The van der Waals surface area contributed by atoms with Crippen LogP contribution in [0.4, 0.5) is 14.5 Å². The zero-order chi connectivity index (χ0) is 32.8. The summed E-state index contributed by atoms with van der Waals surface area (Å²) in [5, 5.41) is 12.0. The molecule has 3 aliphatic rings. The Bertz CT molecular complexity index is 1570. The highest BCUT2D eigenvalue weighted by Crippen LogP contribution is 2.47. The lowest BCUT2D eigenvalue weighted by atomic mass is 9.73. The highest BCUT2D eigenvalue weighted by atomic mass is 35.5. The normalized spacial score (nSPS) is 20.8. The molecular weight excluding hydrogens is 620 g/mol. The first-order valence-corrected chi connectivity index (χ1v) is 17.2. The van der Waals surface area contributed by atoms with Gasteiger partial charge in [0.1, 0.15) is 24.3 Å². The molecule has 1 aliphatic carbocycles. The maximum atomic E-state index is 14.9. The van der Waals surface area contributed by atoms with Crippen LogP contribution in [-0.2, 0) is 4.74 Å². The smallest absolute Gasteiger partial charge is 0.214 e. The predicted octanol–water partition coefficient (Wildman–Crippen LogP) is 9.01. The Kier molecular flexibility index (Phi) is 11.1. The number of ether oxygens (including phenoxy) is 3. The molecule has 0 spiro atoms. The number of nitrogens with zero attached hydrogens (tertiary/aromatic N) is 1. The van der Waals surface area contributed by atoms with Crippen molar-refractivity contribution in [2.75, 3.05) is 51.9 Å². The van der Waals surface area contributed by atoms with Crippen LogP contribution >= 0.6 is 11.6 Å². The molecule has 0 bridgehead atoms. The predicted molar refractivity (Wildman–Crippen MR) is 185 cm³/mol. The van der Waals surface area contributed by atoms with E-state index in [-0.39, 0.29) is 30.3 Å². The Hall–Kier alpha value is -3.46.